The highest BCUT2D eigenvalue weighted by Gasteiger charge is 2.18. The Bertz CT molecular complexity index is 531. The van der Waals surface area contributed by atoms with Crippen molar-refractivity contribution in [2.75, 3.05) is 0 Å². The number of rotatable bonds is 4. The molecule has 18 heavy (non-hydrogen) atoms. The lowest BCUT2D eigenvalue weighted by molar-refractivity contribution is 0.441. The second-order valence-electron chi connectivity index (χ2n) is 3.79. The third-order valence-electron chi connectivity index (χ3n) is 2.60. The third-order valence-corrected chi connectivity index (χ3v) is 2.89. The lowest BCUT2D eigenvalue weighted by Gasteiger charge is -2.16. The van der Waals surface area contributed by atoms with E-state index in [1.54, 1.807) is 12.1 Å². The van der Waals surface area contributed by atoms with Crippen molar-refractivity contribution in [3.05, 3.63) is 58.5 Å². The van der Waals surface area contributed by atoms with Gasteiger partial charge in [-0.05, 0) is 24.3 Å². The molecule has 0 spiro atoms. The highest BCUT2D eigenvalue weighted by Crippen LogP contribution is 2.25. The molecule has 0 aliphatic heterocycles. The van der Waals surface area contributed by atoms with E-state index in [1.165, 1.54) is 6.26 Å². The molecule has 0 saturated carbocycles. The highest BCUT2D eigenvalue weighted by atomic mass is 35.5. The molecule has 0 aliphatic rings. The quantitative estimate of drug-likeness (QED) is 0.511. The first-order valence-electron chi connectivity index (χ1n) is 5.24. The zero-order valence-corrected chi connectivity index (χ0v) is 10.0. The zero-order chi connectivity index (χ0) is 13.1. The van der Waals surface area contributed by atoms with Gasteiger partial charge in [-0.2, -0.15) is 0 Å². The Balaban J connectivity index is 2.30. The first-order chi connectivity index (χ1) is 8.61. The minimum absolute atomic E-state index is 0.107. The second-order valence-corrected chi connectivity index (χ2v) is 4.20. The van der Waals surface area contributed by atoms with Crippen LogP contribution in [0, 0.1) is 11.6 Å². The lowest BCUT2D eigenvalue weighted by Crippen LogP contribution is -2.30. The van der Waals surface area contributed by atoms with Crippen LogP contribution in [-0.2, 0) is 6.42 Å². The number of hydrogen-bond acceptors (Lipinski definition) is 3. The summed E-state index contributed by atoms with van der Waals surface area (Å²) in [6.07, 6.45) is 1.81. The molecule has 2 aromatic rings. The molecule has 2 rings (SSSR count). The molecule has 6 heteroatoms. The van der Waals surface area contributed by atoms with Gasteiger partial charge in [0, 0.05) is 12.0 Å². The highest BCUT2D eigenvalue weighted by molar-refractivity contribution is 6.30. The minimum Gasteiger partial charge on any atom is -0.469 e. The molecule has 0 bridgehead atoms. The van der Waals surface area contributed by atoms with Crippen LogP contribution in [0.25, 0.3) is 0 Å². The molecule has 0 saturated heterocycles. The average molecular weight is 273 g/mol. The molecule has 0 radical (unpaired) electrons. The maximum Gasteiger partial charge on any atom is 0.142 e. The summed E-state index contributed by atoms with van der Waals surface area (Å²) < 4.78 is 32.2. The monoisotopic (exact) mass is 272 g/mol. The van der Waals surface area contributed by atoms with Crippen molar-refractivity contribution in [3.8, 4) is 0 Å². The molecule has 1 atom stereocenters. The largest absolute Gasteiger partial charge is 0.469 e. The number of halogens is 3. The van der Waals surface area contributed by atoms with Crippen molar-refractivity contribution >= 4 is 11.6 Å². The summed E-state index contributed by atoms with van der Waals surface area (Å²) in [5.74, 6) is 4.68. The normalized spacial score (nSPS) is 12.7. The standard InChI is InChI=1S/C12H11ClF2N2O/c13-9-6-10(14)8(5-11(9)15)12(17-16)4-7-2-1-3-18-7/h1-3,5-6,12,17H,4,16H2. The van der Waals surface area contributed by atoms with Crippen molar-refractivity contribution in [1.82, 2.24) is 5.43 Å². The molecular weight excluding hydrogens is 262 g/mol. The molecule has 0 fully saturated rings. The van der Waals surface area contributed by atoms with E-state index in [0.717, 1.165) is 12.1 Å². The third kappa shape index (κ3) is 2.69. The van der Waals surface area contributed by atoms with Crippen LogP contribution in [0.2, 0.25) is 5.02 Å². The Morgan fingerprint density at radius 3 is 2.72 bits per heavy atom. The first-order valence-corrected chi connectivity index (χ1v) is 5.62. The summed E-state index contributed by atoms with van der Waals surface area (Å²) in [7, 11) is 0. The van der Waals surface area contributed by atoms with Crippen LogP contribution in [-0.4, -0.2) is 0 Å². The van der Waals surface area contributed by atoms with Crippen LogP contribution in [0.15, 0.2) is 34.9 Å². The SMILES string of the molecule is NNC(Cc1ccco1)c1cc(F)c(Cl)cc1F. The van der Waals surface area contributed by atoms with Gasteiger partial charge >= 0.3 is 0 Å². The van der Waals surface area contributed by atoms with Gasteiger partial charge in [-0.25, -0.2) is 8.78 Å². The van der Waals surface area contributed by atoms with Crippen molar-refractivity contribution in [3.63, 3.8) is 0 Å². The fraction of sp³-hybridized carbons (Fsp3) is 0.167. The summed E-state index contributed by atoms with van der Waals surface area (Å²) >= 11 is 5.49. The minimum atomic E-state index is -0.687. The fourth-order valence-electron chi connectivity index (χ4n) is 1.69. The van der Waals surface area contributed by atoms with Gasteiger partial charge in [-0.15, -0.1) is 0 Å². The van der Waals surface area contributed by atoms with E-state index >= 15 is 0 Å². The van der Waals surface area contributed by atoms with E-state index < -0.39 is 17.7 Å². The average Bonchev–Trinajstić information content (AvgIpc) is 2.84. The van der Waals surface area contributed by atoms with Crippen molar-refractivity contribution in [2.45, 2.75) is 12.5 Å². The van der Waals surface area contributed by atoms with Crippen LogP contribution < -0.4 is 11.3 Å². The number of hydrazine groups is 1. The second kappa shape index (κ2) is 5.48. The number of nitrogens with one attached hydrogen (secondary N) is 1. The zero-order valence-electron chi connectivity index (χ0n) is 9.29. The van der Waals surface area contributed by atoms with Gasteiger partial charge in [-0.3, -0.25) is 11.3 Å². The van der Waals surface area contributed by atoms with Crippen molar-refractivity contribution < 1.29 is 13.2 Å². The Kier molecular flexibility index (Phi) is 3.96. The maximum absolute atomic E-state index is 13.7. The van der Waals surface area contributed by atoms with Crippen LogP contribution in [0.5, 0.6) is 0 Å². The van der Waals surface area contributed by atoms with Gasteiger partial charge in [0.25, 0.3) is 0 Å². The predicted octanol–water partition coefficient (Wildman–Crippen LogP) is 2.96. The molecule has 96 valence electrons. The fourth-order valence-corrected chi connectivity index (χ4v) is 1.84. The van der Waals surface area contributed by atoms with E-state index in [4.69, 9.17) is 21.9 Å². The van der Waals surface area contributed by atoms with Crippen LogP contribution >= 0.6 is 11.6 Å². The van der Waals surface area contributed by atoms with Gasteiger partial charge in [0.2, 0.25) is 0 Å². The topological polar surface area (TPSA) is 51.2 Å². The molecule has 0 amide bonds. The van der Waals surface area contributed by atoms with Crippen molar-refractivity contribution in [2.24, 2.45) is 5.84 Å². The van der Waals surface area contributed by atoms with Crippen LogP contribution in [0.3, 0.4) is 0 Å². The number of hydrogen-bond donors (Lipinski definition) is 2. The number of furan rings is 1. The summed E-state index contributed by atoms with van der Waals surface area (Å²) in [5.41, 5.74) is 2.54. The van der Waals surface area contributed by atoms with Gasteiger partial charge in [0.15, 0.2) is 0 Å². The van der Waals surface area contributed by atoms with E-state index in [2.05, 4.69) is 5.43 Å². The Hall–Kier alpha value is -1.43. The van der Waals surface area contributed by atoms with Gasteiger partial charge < -0.3 is 4.42 Å². The summed E-state index contributed by atoms with van der Waals surface area (Å²) in [4.78, 5) is 0. The van der Waals surface area contributed by atoms with Gasteiger partial charge in [-0.1, -0.05) is 11.6 Å². The van der Waals surface area contributed by atoms with E-state index in [-0.39, 0.29) is 10.6 Å². The van der Waals surface area contributed by atoms with Crippen LogP contribution in [0.4, 0.5) is 8.78 Å². The van der Waals surface area contributed by atoms with Crippen LogP contribution in [0.1, 0.15) is 17.4 Å². The Morgan fingerprint density at radius 2 is 2.11 bits per heavy atom. The van der Waals surface area contributed by atoms with E-state index in [0.29, 0.717) is 12.2 Å². The Morgan fingerprint density at radius 1 is 1.33 bits per heavy atom. The summed E-state index contributed by atoms with van der Waals surface area (Å²) in [5, 5.41) is -0.259. The summed E-state index contributed by atoms with van der Waals surface area (Å²) in [6.45, 7) is 0. The molecule has 1 unspecified atom stereocenters. The van der Waals surface area contributed by atoms with E-state index in [1.807, 2.05) is 0 Å². The predicted molar refractivity (Wildman–Crippen MR) is 63.8 cm³/mol. The number of nitrogens with two attached hydrogens (primary N) is 1. The molecule has 0 aliphatic carbocycles. The Labute approximate surface area is 108 Å². The molecule has 1 aromatic carbocycles. The smallest absolute Gasteiger partial charge is 0.142 e. The van der Waals surface area contributed by atoms with E-state index in [9.17, 15) is 8.78 Å². The first kappa shape index (κ1) is 13.0. The molecule has 3 N–H and O–H groups in total. The molecule has 1 heterocycles. The summed E-state index contributed by atoms with van der Waals surface area (Å²) in [6, 6.07) is 4.81. The lowest BCUT2D eigenvalue weighted by atomic mass is 10.0. The molecule has 1 aromatic heterocycles. The maximum atomic E-state index is 13.7. The van der Waals surface area contributed by atoms with Crippen molar-refractivity contribution in [1.29, 1.82) is 0 Å². The van der Waals surface area contributed by atoms with Gasteiger partial charge in [0.1, 0.15) is 17.4 Å². The molecular formula is C12H11ClF2N2O. The molecule has 3 nitrogen and oxygen atoms in total. The number of benzene rings is 1. The van der Waals surface area contributed by atoms with Gasteiger partial charge in [0.05, 0.1) is 17.3 Å².